The summed E-state index contributed by atoms with van der Waals surface area (Å²) in [6.45, 7) is 6.26. The van der Waals surface area contributed by atoms with Crippen LogP contribution >= 0.6 is 0 Å². The van der Waals surface area contributed by atoms with E-state index in [1.54, 1.807) is 0 Å². The molecule has 0 aliphatic carbocycles. The first kappa shape index (κ1) is 74.0. The molecule has 6 heteroatoms. The van der Waals surface area contributed by atoms with Gasteiger partial charge in [-0.25, -0.2) is 0 Å². The fourth-order valence-electron chi connectivity index (χ4n) is 8.33. The highest BCUT2D eigenvalue weighted by molar-refractivity contribution is 5.71. The molecule has 0 aliphatic heterocycles. The zero-order valence-corrected chi connectivity index (χ0v) is 50.8. The number of carbonyl (C=O) groups excluding carboxylic acids is 3. The van der Waals surface area contributed by atoms with Crippen LogP contribution in [-0.2, 0) is 28.6 Å². The van der Waals surface area contributed by atoms with Crippen molar-refractivity contribution in [2.45, 2.75) is 271 Å². The lowest BCUT2D eigenvalue weighted by molar-refractivity contribution is -0.167. The van der Waals surface area contributed by atoms with E-state index >= 15 is 0 Å². The highest BCUT2D eigenvalue weighted by atomic mass is 16.6. The number of unbranched alkanes of at least 4 members (excludes halogenated alkanes) is 19. The second-order valence-corrected chi connectivity index (χ2v) is 20.5. The summed E-state index contributed by atoms with van der Waals surface area (Å²) in [5.74, 6) is -0.950. The van der Waals surface area contributed by atoms with Crippen LogP contribution in [-0.4, -0.2) is 37.2 Å². The molecule has 444 valence electrons. The Morgan fingerprint density at radius 2 is 0.456 bits per heavy atom. The van der Waals surface area contributed by atoms with Gasteiger partial charge in [-0.1, -0.05) is 262 Å². The van der Waals surface area contributed by atoms with Crippen molar-refractivity contribution in [2.75, 3.05) is 13.2 Å². The minimum Gasteiger partial charge on any atom is -0.462 e. The normalized spacial score (nSPS) is 13.2. The van der Waals surface area contributed by atoms with Gasteiger partial charge in [0.2, 0.25) is 0 Å². The Balaban J connectivity index is 4.38. The minimum atomic E-state index is -0.809. The van der Waals surface area contributed by atoms with Crippen molar-refractivity contribution >= 4 is 17.9 Å². The van der Waals surface area contributed by atoms with Crippen LogP contribution in [0.5, 0.6) is 0 Å². The number of ether oxygens (including phenoxy) is 3. The molecule has 0 bridgehead atoms. The molecule has 0 amide bonds. The Kier molecular flexibility index (Phi) is 61.4. The van der Waals surface area contributed by atoms with E-state index in [1.165, 1.54) is 44.9 Å². The van der Waals surface area contributed by atoms with Crippen LogP contribution in [0.1, 0.15) is 265 Å². The van der Waals surface area contributed by atoms with Crippen LogP contribution in [0.2, 0.25) is 0 Å². The zero-order chi connectivity index (χ0) is 57.1. The van der Waals surface area contributed by atoms with Crippen LogP contribution in [0.15, 0.2) is 158 Å². The molecule has 0 saturated heterocycles. The van der Waals surface area contributed by atoms with E-state index in [0.29, 0.717) is 12.8 Å². The van der Waals surface area contributed by atoms with Gasteiger partial charge in [0.05, 0.1) is 0 Å². The maximum Gasteiger partial charge on any atom is 0.306 e. The number of allylic oxidation sites excluding steroid dienone is 26. The summed E-state index contributed by atoms with van der Waals surface area (Å²) in [7, 11) is 0. The molecule has 79 heavy (non-hydrogen) atoms. The Labute approximate surface area is 486 Å². The molecule has 0 N–H and O–H groups in total. The maximum atomic E-state index is 12.9. The molecule has 0 aromatic rings. The van der Waals surface area contributed by atoms with Gasteiger partial charge in [-0.15, -0.1) is 0 Å². The number of hydrogen-bond donors (Lipinski definition) is 0. The van der Waals surface area contributed by atoms with Gasteiger partial charge in [-0.3, -0.25) is 14.4 Å². The number of rotatable bonds is 56. The van der Waals surface area contributed by atoms with E-state index in [4.69, 9.17) is 14.2 Å². The SMILES string of the molecule is CC/C=C\C/C=C\C/C=C\C/C=C\C/C=C\C/C=C\CCCCCCCCCCCCC(=O)OCC(COC(=O)CCCCCCC/C=C\C/C=C\C/C=C\CC)OC(=O)CCCCCC/C=C\C/C=C\C/C=C\C/C=C\CC. The molecule has 0 heterocycles. The van der Waals surface area contributed by atoms with Crippen LogP contribution in [0.25, 0.3) is 0 Å². The Morgan fingerprint density at radius 1 is 0.253 bits per heavy atom. The summed E-state index contributed by atoms with van der Waals surface area (Å²) in [6, 6.07) is 0. The van der Waals surface area contributed by atoms with Gasteiger partial charge in [-0.2, -0.15) is 0 Å². The first-order valence-corrected chi connectivity index (χ1v) is 32.0. The smallest absolute Gasteiger partial charge is 0.306 e. The summed E-state index contributed by atoms with van der Waals surface area (Å²) in [5.41, 5.74) is 0. The Morgan fingerprint density at radius 3 is 0.709 bits per heavy atom. The second kappa shape index (κ2) is 65.5. The number of hydrogen-bond acceptors (Lipinski definition) is 6. The van der Waals surface area contributed by atoms with Gasteiger partial charge >= 0.3 is 17.9 Å². The fourth-order valence-corrected chi connectivity index (χ4v) is 8.33. The highest BCUT2D eigenvalue weighted by Crippen LogP contribution is 2.15. The quantitative estimate of drug-likeness (QED) is 0.0261. The molecule has 0 aromatic heterocycles. The molecule has 0 aromatic carbocycles. The van der Waals surface area contributed by atoms with Crippen LogP contribution < -0.4 is 0 Å². The third-order valence-corrected chi connectivity index (χ3v) is 13.0. The summed E-state index contributed by atoms with van der Waals surface area (Å²) in [6.07, 6.45) is 95.3. The third-order valence-electron chi connectivity index (χ3n) is 13.0. The Hall–Kier alpha value is -4.97. The predicted molar refractivity (Wildman–Crippen MR) is 343 cm³/mol. The second-order valence-electron chi connectivity index (χ2n) is 20.5. The molecular weight excluding hydrogens is 973 g/mol. The van der Waals surface area contributed by atoms with Gasteiger partial charge in [0.1, 0.15) is 13.2 Å². The Bertz CT molecular complexity index is 1780. The zero-order valence-electron chi connectivity index (χ0n) is 50.8. The van der Waals surface area contributed by atoms with Crippen molar-refractivity contribution in [3.05, 3.63) is 158 Å². The lowest BCUT2D eigenvalue weighted by Gasteiger charge is -2.18. The standard InChI is InChI=1S/C73H116O6/c1-4-7-10-13-16-19-22-25-28-30-31-32-33-34-35-36-37-38-39-40-41-43-45-48-51-54-57-60-63-66-72(75)78-69-70(68-77-71(74)65-62-59-56-53-50-47-44-27-24-21-18-15-12-9-6-3)79-73(76)67-64-61-58-55-52-49-46-42-29-26-23-20-17-14-11-8-5-2/h7-12,16-21,25-29,31-32,34-35,37-38,44,46,49,70H,4-6,13-15,22-24,30,33,36,39-43,45,47-48,50-69H2,1-3H3/b10-7-,11-8-,12-9-,19-16-,20-17-,21-18-,28-25-,29-26-,32-31-,35-34-,38-37-,44-27-,49-46-. The molecule has 0 rings (SSSR count). The number of carbonyl (C=O) groups is 3. The summed E-state index contributed by atoms with van der Waals surface area (Å²) in [5, 5.41) is 0. The van der Waals surface area contributed by atoms with Gasteiger partial charge in [0, 0.05) is 19.3 Å². The van der Waals surface area contributed by atoms with Crippen molar-refractivity contribution in [3.63, 3.8) is 0 Å². The van der Waals surface area contributed by atoms with Gasteiger partial charge < -0.3 is 14.2 Å². The third kappa shape index (κ3) is 63.7. The summed E-state index contributed by atoms with van der Waals surface area (Å²) < 4.78 is 16.9. The van der Waals surface area contributed by atoms with E-state index < -0.39 is 6.10 Å². The van der Waals surface area contributed by atoms with Crippen molar-refractivity contribution in [2.24, 2.45) is 0 Å². The topological polar surface area (TPSA) is 78.9 Å². The molecule has 1 unspecified atom stereocenters. The van der Waals surface area contributed by atoms with E-state index in [1.807, 2.05) is 0 Å². The summed E-state index contributed by atoms with van der Waals surface area (Å²) in [4.78, 5) is 38.3. The number of esters is 3. The van der Waals surface area contributed by atoms with E-state index in [-0.39, 0.29) is 37.5 Å². The largest absolute Gasteiger partial charge is 0.462 e. The average Bonchev–Trinajstić information content (AvgIpc) is 3.45. The van der Waals surface area contributed by atoms with E-state index in [9.17, 15) is 14.4 Å². The van der Waals surface area contributed by atoms with E-state index in [2.05, 4.69) is 179 Å². The monoisotopic (exact) mass is 1090 g/mol. The molecule has 1 atom stereocenters. The minimum absolute atomic E-state index is 0.102. The summed E-state index contributed by atoms with van der Waals surface area (Å²) >= 11 is 0. The van der Waals surface area contributed by atoms with Crippen molar-refractivity contribution in [3.8, 4) is 0 Å². The fraction of sp³-hybridized carbons (Fsp3) is 0.603. The van der Waals surface area contributed by atoms with Gasteiger partial charge in [0.25, 0.3) is 0 Å². The van der Waals surface area contributed by atoms with Crippen molar-refractivity contribution in [1.29, 1.82) is 0 Å². The average molecular weight is 1090 g/mol. The van der Waals surface area contributed by atoms with Crippen molar-refractivity contribution in [1.82, 2.24) is 0 Å². The molecular formula is C73H116O6. The van der Waals surface area contributed by atoms with Gasteiger partial charge in [0.15, 0.2) is 6.10 Å². The lowest BCUT2D eigenvalue weighted by atomic mass is 10.1. The molecule has 0 fully saturated rings. The highest BCUT2D eigenvalue weighted by Gasteiger charge is 2.19. The van der Waals surface area contributed by atoms with Crippen LogP contribution in [0.4, 0.5) is 0 Å². The molecule has 0 saturated carbocycles. The molecule has 0 aliphatic rings. The van der Waals surface area contributed by atoms with Crippen LogP contribution in [0.3, 0.4) is 0 Å². The maximum absolute atomic E-state index is 12.9. The molecule has 0 spiro atoms. The first-order chi connectivity index (χ1) is 39.0. The van der Waals surface area contributed by atoms with Crippen molar-refractivity contribution < 1.29 is 28.6 Å². The van der Waals surface area contributed by atoms with E-state index in [0.717, 1.165) is 180 Å². The van der Waals surface area contributed by atoms with Crippen LogP contribution in [0, 0.1) is 0 Å². The molecule has 0 radical (unpaired) electrons. The van der Waals surface area contributed by atoms with Gasteiger partial charge in [-0.05, 0) is 141 Å². The predicted octanol–water partition coefficient (Wildman–Crippen LogP) is 22.1. The lowest BCUT2D eigenvalue weighted by Crippen LogP contribution is -2.30. The first-order valence-electron chi connectivity index (χ1n) is 32.0. The molecule has 6 nitrogen and oxygen atoms in total.